The molecule has 1 atom stereocenters. The lowest BCUT2D eigenvalue weighted by Gasteiger charge is -2.19. The summed E-state index contributed by atoms with van der Waals surface area (Å²) in [5.41, 5.74) is 1.57. The van der Waals surface area contributed by atoms with E-state index >= 15 is 0 Å². The van der Waals surface area contributed by atoms with Crippen LogP contribution in [0.15, 0.2) is 89.8 Å². The van der Waals surface area contributed by atoms with Crippen molar-refractivity contribution in [2.24, 2.45) is 0 Å². The van der Waals surface area contributed by atoms with Crippen LogP contribution in [0.1, 0.15) is 28.4 Å². The van der Waals surface area contributed by atoms with E-state index in [1.54, 1.807) is 42.5 Å². The van der Waals surface area contributed by atoms with Crippen LogP contribution in [0.3, 0.4) is 0 Å². The fourth-order valence-electron chi connectivity index (χ4n) is 2.92. The van der Waals surface area contributed by atoms with E-state index in [9.17, 15) is 18.4 Å². The van der Waals surface area contributed by atoms with E-state index in [1.165, 1.54) is 6.07 Å². The second-order valence-electron chi connectivity index (χ2n) is 6.43. The van der Waals surface area contributed by atoms with Gasteiger partial charge in [0.2, 0.25) is 5.91 Å². The maximum atomic E-state index is 12.8. The van der Waals surface area contributed by atoms with E-state index in [2.05, 4.69) is 10.6 Å². The number of rotatable bonds is 8. The van der Waals surface area contributed by atoms with E-state index in [0.29, 0.717) is 23.0 Å². The standard InChI is InChI=1S/C23H20F2N2O2S/c24-23(25)30-20-14-8-7-13-18(20)26-21(28)15-19(16-9-3-1-4-10-16)27-22(29)17-11-5-2-6-12-17/h1-14,19,23H,15H2,(H,26,28)(H,27,29). The molecule has 3 aromatic carbocycles. The van der Waals surface area contributed by atoms with Crippen molar-refractivity contribution in [1.82, 2.24) is 5.32 Å². The summed E-state index contributed by atoms with van der Waals surface area (Å²) in [6, 6.07) is 23.7. The summed E-state index contributed by atoms with van der Waals surface area (Å²) in [4.78, 5) is 25.6. The predicted molar refractivity (Wildman–Crippen MR) is 115 cm³/mol. The van der Waals surface area contributed by atoms with Crippen molar-refractivity contribution in [2.45, 2.75) is 23.1 Å². The van der Waals surface area contributed by atoms with Gasteiger partial charge < -0.3 is 10.6 Å². The molecule has 0 saturated heterocycles. The van der Waals surface area contributed by atoms with Crippen molar-refractivity contribution in [3.8, 4) is 0 Å². The molecule has 0 aliphatic carbocycles. The molecule has 0 aromatic heterocycles. The molecule has 0 spiro atoms. The van der Waals surface area contributed by atoms with Gasteiger partial charge >= 0.3 is 0 Å². The Kier molecular flexibility index (Phi) is 7.57. The molecule has 0 saturated carbocycles. The number of benzene rings is 3. The molecule has 4 nitrogen and oxygen atoms in total. The Bertz CT molecular complexity index is 985. The van der Waals surface area contributed by atoms with Crippen molar-refractivity contribution in [1.29, 1.82) is 0 Å². The molecule has 30 heavy (non-hydrogen) atoms. The number of thioether (sulfide) groups is 1. The van der Waals surface area contributed by atoms with Crippen LogP contribution in [0.4, 0.5) is 14.5 Å². The zero-order valence-corrected chi connectivity index (χ0v) is 16.7. The number of amides is 2. The van der Waals surface area contributed by atoms with E-state index in [4.69, 9.17) is 0 Å². The quantitative estimate of drug-likeness (QED) is 0.468. The number of hydrogen-bond donors (Lipinski definition) is 2. The number of halogens is 2. The Hall–Kier alpha value is -3.19. The molecule has 3 rings (SSSR count). The largest absolute Gasteiger partial charge is 0.345 e. The average Bonchev–Trinajstić information content (AvgIpc) is 2.75. The Balaban J connectivity index is 1.75. The fraction of sp³-hybridized carbons (Fsp3) is 0.130. The molecule has 1 unspecified atom stereocenters. The summed E-state index contributed by atoms with van der Waals surface area (Å²) in [7, 11) is 0. The number of nitrogens with one attached hydrogen (secondary N) is 2. The predicted octanol–water partition coefficient (Wildman–Crippen LogP) is 5.50. The maximum Gasteiger partial charge on any atom is 0.288 e. The maximum absolute atomic E-state index is 12.8. The molecule has 2 amide bonds. The van der Waals surface area contributed by atoms with Gasteiger partial charge in [0.25, 0.3) is 11.7 Å². The van der Waals surface area contributed by atoms with Crippen LogP contribution in [0.25, 0.3) is 0 Å². The summed E-state index contributed by atoms with van der Waals surface area (Å²) < 4.78 is 25.6. The third kappa shape index (κ3) is 6.15. The summed E-state index contributed by atoms with van der Waals surface area (Å²) in [5, 5.41) is 5.57. The van der Waals surface area contributed by atoms with Gasteiger partial charge in [-0.05, 0) is 29.8 Å². The van der Waals surface area contributed by atoms with E-state index < -0.39 is 11.8 Å². The highest BCUT2D eigenvalue weighted by Gasteiger charge is 2.20. The smallest absolute Gasteiger partial charge is 0.288 e. The number of para-hydroxylation sites is 1. The second-order valence-corrected chi connectivity index (χ2v) is 7.46. The Morgan fingerprint density at radius 2 is 1.43 bits per heavy atom. The Morgan fingerprint density at radius 1 is 0.833 bits per heavy atom. The minimum Gasteiger partial charge on any atom is -0.345 e. The van der Waals surface area contributed by atoms with Crippen LogP contribution in [-0.2, 0) is 4.79 Å². The number of alkyl halides is 2. The summed E-state index contributed by atoms with van der Waals surface area (Å²) in [6.45, 7) is 0. The van der Waals surface area contributed by atoms with Crippen LogP contribution >= 0.6 is 11.8 Å². The Labute approximate surface area is 177 Å². The fourth-order valence-corrected chi connectivity index (χ4v) is 3.52. The molecule has 0 heterocycles. The van der Waals surface area contributed by atoms with E-state index in [-0.39, 0.29) is 23.1 Å². The van der Waals surface area contributed by atoms with Gasteiger partial charge in [0, 0.05) is 10.5 Å². The normalized spacial score (nSPS) is 11.7. The highest BCUT2D eigenvalue weighted by molar-refractivity contribution is 7.99. The Morgan fingerprint density at radius 3 is 2.10 bits per heavy atom. The molecule has 0 radical (unpaired) electrons. The monoisotopic (exact) mass is 426 g/mol. The topological polar surface area (TPSA) is 58.2 Å². The molecule has 2 N–H and O–H groups in total. The molecule has 3 aromatic rings. The summed E-state index contributed by atoms with van der Waals surface area (Å²) in [5.74, 6) is -3.28. The first-order valence-corrected chi connectivity index (χ1v) is 10.2. The molecule has 0 fully saturated rings. The molecule has 154 valence electrons. The van der Waals surface area contributed by atoms with Crippen molar-refractivity contribution >= 4 is 29.3 Å². The van der Waals surface area contributed by atoms with Gasteiger partial charge in [-0.3, -0.25) is 9.59 Å². The third-order valence-corrected chi connectivity index (χ3v) is 5.10. The van der Waals surface area contributed by atoms with Gasteiger partial charge in [-0.15, -0.1) is 0 Å². The minimum atomic E-state index is -2.59. The number of carbonyl (C=O) groups is 2. The lowest BCUT2D eigenvalue weighted by Crippen LogP contribution is -2.31. The van der Waals surface area contributed by atoms with Gasteiger partial charge in [0.05, 0.1) is 18.2 Å². The van der Waals surface area contributed by atoms with Crippen molar-refractivity contribution in [3.63, 3.8) is 0 Å². The van der Waals surface area contributed by atoms with Crippen LogP contribution in [0.2, 0.25) is 0 Å². The lowest BCUT2D eigenvalue weighted by atomic mass is 10.0. The summed E-state index contributed by atoms with van der Waals surface area (Å²) >= 11 is 0.372. The molecule has 0 bridgehead atoms. The lowest BCUT2D eigenvalue weighted by molar-refractivity contribution is -0.116. The highest BCUT2D eigenvalue weighted by atomic mass is 32.2. The van der Waals surface area contributed by atoms with Gasteiger partial charge in [0.15, 0.2) is 0 Å². The number of anilines is 1. The van der Waals surface area contributed by atoms with Crippen LogP contribution in [0.5, 0.6) is 0 Å². The van der Waals surface area contributed by atoms with Crippen molar-refractivity contribution < 1.29 is 18.4 Å². The van der Waals surface area contributed by atoms with Crippen molar-refractivity contribution in [2.75, 3.05) is 5.32 Å². The minimum absolute atomic E-state index is 0.0454. The average molecular weight is 426 g/mol. The second kappa shape index (κ2) is 10.5. The first-order chi connectivity index (χ1) is 14.5. The molecular formula is C23H20F2N2O2S. The van der Waals surface area contributed by atoms with Gasteiger partial charge in [-0.25, -0.2) is 0 Å². The van der Waals surface area contributed by atoms with E-state index in [1.807, 2.05) is 36.4 Å². The SMILES string of the molecule is O=C(CC(NC(=O)c1ccccc1)c1ccccc1)Nc1ccccc1SC(F)F. The molecule has 0 aliphatic heterocycles. The first kappa shape index (κ1) is 21.5. The van der Waals surface area contributed by atoms with Crippen LogP contribution in [-0.4, -0.2) is 17.6 Å². The zero-order valence-electron chi connectivity index (χ0n) is 15.9. The molecule has 0 aliphatic rings. The summed E-state index contributed by atoms with van der Waals surface area (Å²) in [6.07, 6.45) is -0.0454. The van der Waals surface area contributed by atoms with Gasteiger partial charge in [-0.2, -0.15) is 8.78 Å². The zero-order chi connectivity index (χ0) is 21.3. The molecule has 7 heteroatoms. The van der Waals surface area contributed by atoms with E-state index in [0.717, 1.165) is 5.56 Å². The molecular weight excluding hydrogens is 406 g/mol. The third-order valence-electron chi connectivity index (χ3n) is 4.31. The number of carbonyl (C=O) groups excluding carboxylic acids is 2. The van der Waals surface area contributed by atoms with Crippen LogP contribution < -0.4 is 10.6 Å². The highest BCUT2D eigenvalue weighted by Crippen LogP contribution is 2.32. The van der Waals surface area contributed by atoms with Crippen molar-refractivity contribution in [3.05, 3.63) is 96.1 Å². The first-order valence-electron chi connectivity index (χ1n) is 9.27. The number of hydrogen-bond acceptors (Lipinski definition) is 3. The van der Waals surface area contributed by atoms with Gasteiger partial charge in [-0.1, -0.05) is 72.4 Å². The van der Waals surface area contributed by atoms with Crippen LogP contribution in [0, 0.1) is 0 Å². The van der Waals surface area contributed by atoms with Gasteiger partial charge in [0.1, 0.15) is 0 Å².